The van der Waals surface area contributed by atoms with Gasteiger partial charge < -0.3 is 24.6 Å². The lowest BCUT2D eigenvalue weighted by Crippen LogP contribution is -2.48. The van der Waals surface area contributed by atoms with Crippen LogP contribution >= 0.6 is 23.8 Å². The minimum absolute atomic E-state index is 0.0785. The fraction of sp³-hybridized carbons (Fsp3) is 0.206. The van der Waals surface area contributed by atoms with E-state index >= 15 is 0 Å². The Morgan fingerprint density at radius 2 is 1.59 bits per heavy atom. The molecule has 1 aliphatic rings. The zero-order valence-corrected chi connectivity index (χ0v) is 26.1. The number of carbonyl (C=O) groups is 2. The number of thiocarbonyl (C=S) groups is 1. The number of anilines is 2. The number of hydrogen-bond acceptors (Lipinski definition) is 6. The second-order valence-corrected chi connectivity index (χ2v) is 11.2. The van der Waals surface area contributed by atoms with Crippen LogP contribution < -0.4 is 25.0 Å². The first-order valence-electron chi connectivity index (χ1n) is 14.2. The third-order valence-electron chi connectivity index (χ3n) is 7.39. The number of methoxy groups -OCH3 is 1. The molecule has 2 N–H and O–H groups in total. The van der Waals surface area contributed by atoms with Gasteiger partial charge in [0.1, 0.15) is 6.61 Å². The Morgan fingerprint density at radius 3 is 2.27 bits per heavy atom. The van der Waals surface area contributed by atoms with E-state index in [-0.39, 0.29) is 16.9 Å². The molecule has 5 rings (SSSR count). The third-order valence-corrected chi connectivity index (χ3v) is 7.85. The number of nitrogens with zero attached hydrogens (tertiary/aromatic N) is 2. The number of halogens is 1. The van der Waals surface area contributed by atoms with Crippen LogP contribution in [0.1, 0.15) is 31.8 Å². The van der Waals surface area contributed by atoms with Crippen LogP contribution in [-0.2, 0) is 6.61 Å². The van der Waals surface area contributed by atoms with Gasteiger partial charge in [-0.25, -0.2) is 0 Å². The summed E-state index contributed by atoms with van der Waals surface area (Å²) in [6.07, 6.45) is 0. The average Bonchev–Trinajstić information content (AvgIpc) is 3.04. The Balaban J connectivity index is 1.11. The van der Waals surface area contributed by atoms with Crippen molar-refractivity contribution in [3.8, 4) is 11.5 Å². The molecule has 0 saturated carbocycles. The molecule has 4 aromatic carbocycles. The molecule has 0 spiro atoms. The Bertz CT molecular complexity index is 1640. The van der Waals surface area contributed by atoms with Crippen LogP contribution in [0.4, 0.5) is 11.4 Å². The Morgan fingerprint density at radius 1 is 0.886 bits per heavy atom. The van der Waals surface area contributed by atoms with E-state index in [1.165, 1.54) is 7.11 Å². The minimum atomic E-state index is -0.375. The van der Waals surface area contributed by atoms with Crippen LogP contribution in [0.5, 0.6) is 11.5 Å². The summed E-state index contributed by atoms with van der Waals surface area (Å²) in [5, 5.41) is 6.61. The second-order valence-electron chi connectivity index (χ2n) is 10.3. The van der Waals surface area contributed by atoms with Gasteiger partial charge in [-0.2, -0.15) is 0 Å². The second kappa shape index (κ2) is 14.2. The third kappa shape index (κ3) is 7.67. The molecule has 2 amide bonds. The first kappa shape index (κ1) is 30.8. The molecule has 1 fully saturated rings. The van der Waals surface area contributed by atoms with Crippen LogP contribution in [0, 0.1) is 6.92 Å². The highest BCUT2D eigenvalue weighted by Crippen LogP contribution is 2.29. The molecule has 8 nitrogen and oxygen atoms in total. The van der Waals surface area contributed by atoms with Crippen molar-refractivity contribution in [1.82, 2.24) is 10.2 Å². The van der Waals surface area contributed by atoms with Crippen LogP contribution in [0.15, 0.2) is 91.0 Å². The van der Waals surface area contributed by atoms with Crippen molar-refractivity contribution < 1.29 is 19.1 Å². The van der Waals surface area contributed by atoms with Crippen molar-refractivity contribution >= 4 is 52.1 Å². The number of carbonyl (C=O) groups excluding carboxylic acids is 2. The summed E-state index contributed by atoms with van der Waals surface area (Å²) in [6, 6.07) is 27.8. The molecule has 1 heterocycles. The predicted molar refractivity (Wildman–Crippen MR) is 178 cm³/mol. The van der Waals surface area contributed by atoms with E-state index in [4.69, 9.17) is 33.3 Å². The zero-order chi connectivity index (χ0) is 31.1. The SMILES string of the molecule is COc1cc(C(=O)NC(=S)Nc2ccc(N3CCN(C(=O)c4ccccc4C)CC3)cc2)ccc1OCc1ccc(Cl)cc1. The lowest BCUT2D eigenvalue weighted by atomic mass is 10.1. The summed E-state index contributed by atoms with van der Waals surface area (Å²) in [5.74, 6) is 0.648. The normalized spacial score (nSPS) is 12.8. The molecule has 1 aliphatic heterocycles. The van der Waals surface area contributed by atoms with Crippen molar-refractivity contribution in [1.29, 1.82) is 0 Å². The van der Waals surface area contributed by atoms with E-state index in [0.717, 1.165) is 41.2 Å². The van der Waals surface area contributed by atoms with Crippen molar-refractivity contribution in [2.45, 2.75) is 13.5 Å². The fourth-order valence-electron chi connectivity index (χ4n) is 4.91. The maximum atomic E-state index is 13.0. The van der Waals surface area contributed by atoms with Crippen molar-refractivity contribution in [3.05, 3.63) is 118 Å². The molecule has 44 heavy (non-hydrogen) atoms. The number of rotatable bonds is 8. The van der Waals surface area contributed by atoms with Gasteiger partial charge in [0.2, 0.25) is 0 Å². The van der Waals surface area contributed by atoms with Crippen LogP contribution in [0.2, 0.25) is 5.02 Å². The van der Waals surface area contributed by atoms with Gasteiger partial charge in [-0.05, 0) is 90.9 Å². The summed E-state index contributed by atoms with van der Waals surface area (Å²) in [4.78, 5) is 30.0. The van der Waals surface area contributed by atoms with E-state index in [1.807, 2.05) is 72.5 Å². The van der Waals surface area contributed by atoms with Crippen LogP contribution in [-0.4, -0.2) is 55.1 Å². The largest absolute Gasteiger partial charge is 0.493 e. The highest BCUT2D eigenvalue weighted by atomic mass is 35.5. The zero-order valence-electron chi connectivity index (χ0n) is 24.5. The monoisotopic (exact) mass is 628 g/mol. The van der Waals surface area contributed by atoms with Crippen LogP contribution in [0.25, 0.3) is 0 Å². The summed E-state index contributed by atoms with van der Waals surface area (Å²) in [7, 11) is 1.52. The number of nitrogens with one attached hydrogen (secondary N) is 2. The van der Waals surface area contributed by atoms with Crippen molar-refractivity contribution in [3.63, 3.8) is 0 Å². The van der Waals surface area contributed by atoms with E-state index in [2.05, 4.69) is 15.5 Å². The molecule has 0 aliphatic carbocycles. The number of benzene rings is 4. The summed E-state index contributed by atoms with van der Waals surface area (Å²) in [5.41, 5.74) is 4.88. The molecule has 10 heteroatoms. The Labute approximate surface area is 267 Å². The number of ether oxygens (including phenoxy) is 2. The molecule has 0 unspecified atom stereocenters. The fourth-order valence-corrected chi connectivity index (χ4v) is 5.25. The quantitative estimate of drug-likeness (QED) is 0.221. The number of aryl methyl sites for hydroxylation is 1. The first-order chi connectivity index (χ1) is 21.3. The highest BCUT2D eigenvalue weighted by molar-refractivity contribution is 7.80. The molecular weight excluding hydrogens is 596 g/mol. The number of hydrogen-bond donors (Lipinski definition) is 2. The summed E-state index contributed by atoms with van der Waals surface area (Å²) < 4.78 is 11.3. The smallest absolute Gasteiger partial charge is 0.257 e. The molecule has 226 valence electrons. The molecule has 0 bridgehead atoms. The molecule has 4 aromatic rings. The van der Waals surface area contributed by atoms with E-state index in [0.29, 0.717) is 41.8 Å². The molecule has 0 aromatic heterocycles. The summed E-state index contributed by atoms with van der Waals surface area (Å²) >= 11 is 11.3. The van der Waals surface area contributed by atoms with Gasteiger partial charge >= 0.3 is 0 Å². The average molecular weight is 629 g/mol. The van der Waals surface area contributed by atoms with Crippen LogP contribution in [0.3, 0.4) is 0 Å². The maximum absolute atomic E-state index is 13.0. The Hall–Kier alpha value is -4.60. The lowest BCUT2D eigenvalue weighted by molar-refractivity contribution is 0.0746. The van der Waals surface area contributed by atoms with Gasteiger partial charge in [0.15, 0.2) is 16.6 Å². The van der Waals surface area contributed by atoms with Crippen molar-refractivity contribution in [2.75, 3.05) is 43.5 Å². The van der Waals surface area contributed by atoms with Gasteiger partial charge in [0.25, 0.3) is 11.8 Å². The molecule has 0 atom stereocenters. The predicted octanol–water partition coefficient (Wildman–Crippen LogP) is 6.33. The first-order valence-corrected chi connectivity index (χ1v) is 15.0. The minimum Gasteiger partial charge on any atom is -0.493 e. The topological polar surface area (TPSA) is 83.1 Å². The van der Waals surface area contributed by atoms with Gasteiger partial charge in [-0.15, -0.1) is 0 Å². The summed E-state index contributed by atoms with van der Waals surface area (Å²) in [6.45, 7) is 5.09. The van der Waals surface area contributed by atoms with Gasteiger partial charge in [-0.1, -0.05) is 41.9 Å². The van der Waals surface area contributed by atoms with Gasteiger partial charge in [0, 0.05) is 53.7 Å². The molecule has 1 saturated heterocycles. The van der Waals surface area contributed by atoms with E-state index < -0.39 is 0 Å². The molecular formula is C34H33ClN4O4S. The lowest BCUT2D eigenvalue weighted by Gasteiger charge is -2.36. The van der Waals surface area contributed by atoms with E-state index in [1.54, 1.807) is 30.3 Å². The van der Waals surface area contributed by atoms with Gasteiger partial charge in [-0.3, -0.25) is 14.9 Å². The number of piperazine rings is 1. The maximum Gasteiger partial charge on any atom is 0.257 e. The van der Waals surface area contributed by atoms with Crippen molar-refractivity contribution in [2.24, 2.45) is 0 Å². The highest BCUT2D eigenvalue weighted by Gasteiger charge is 2.23. The van der Waals surface area contributed by atoms with E-state index in [9.17, 15) is 9.59 Å². The Kier molecular flexibility index (Phi) is 9.99. The van der Waals surface area contributed by atoms with Gasteiger partial charge in [0.05, 0.1) is 7.11 Å². The number of amides is 2. The molecule has 0 radical (unpaired) electrons. The standard InChI is InChI=1S/C34H33ClN4O4S/c1-23-5-3-4-6-29(23)33(41)39-19-17-38(18-20-39)28-14-12-27(13-15-28)36-34(44)37-32(40)25-9-16-30(31(21-25)42-2)43-22-24-7-10-26(35)11-8-24/h3-16,21H,17-20,22H2,1-2H3,(H2,36,37,40,44).